The third kappa shape index (κ3) is 3.46. The molecule has 0 radical (unpaired) electrons. The fraction of sp³-hybridized carbons (Fsp3) is 0.214. The molecule has 9 heteroatoms. The van der Waals surface area contributed by atoms with E-state index >= 15 is 0 Å². The second kappa shape index (κ2) is 6.81. The standard InChI is InChI=1S/C14H12BrFN4O2S/c1-22-5-10-13(21)20-11-12(17-6-18-14(11)23-10)19-9-3-2-7(15)4-8(9)16/h2-4,6,10H,5H2,1H3,(H,20,21)(H,17,18,19)/t10-/m0/s1. The highest BCUT2D eigenvalue weighted by Crippen LogP contribution is 2.38. The predicted molar refractivity (Wildman–Crippen MR) is 89.6 cm³/mol. The summed E-state index contributed by atoms with van der Waals surface area (Å²) >= 11 is 4.50. The number of nitrogens with one attached hydrogen (secondary N) is 2. The van der Waals surface area contributed by atoms with Crippen molar-refractivity contribution in [1.82, 2.24) is 9.97 Å². The Morgan fingerprint density at radius 3 is 3.04 bits per heavy atom. The molecule has 2 heterocycles. The molecule has 6 nitrogen and oxygen atoms in total. The van der Waals surface area contributed by atoms with Gasteiger partial charge in [0, 0.05) is 11.6 Å². The van der Waals surface area contributed by atoms with Gasteiger partial charge in [0.2, 0.25) is 5.91 Å². The zero-order valence-corrected chi connectivity index (χ0v) is 14.4. The van der Waals surface area contributed by atoms with Crippen LogP contribution in [-0.2, 0) is 9.53 Å². The summed E-state index contributed by atoms with van der Waals surface area (Å²) in [4.78, 5) is 20.3. The Morgan fingerprint density at radius 1 is 1.48 bits per heavy atom. The Hall–Kier alpha value is -1.71. The molecule has 0 bridgehead atoms. The van der Waals surface area contributed by atoms with E-state index in [-0.39, 0.29) is 23.5 Å². The average molecular weight is 399 g/mol. The number of aromatic nitrogens is 2. The van der Waals surface area contributed by atoms with Gasteiger partial charge in [-0.1, -0.05) is 27.7 Å². The van der Waals surface area contributed by atoms with Crippen LogP contribution in [0.3, 0.4) is 0 Å². The number of thioether (sulfide) groups is 1. The Labute approximate surface area is 144 Å². The Morgan fingerprint density at radius 2 is 2.30 bits per heavy atom. The van der Waals surface area contributed by atoms with Gasteiger partial charge in [0.25, 0.3) is 0 Å². The highest BCUT2D eigenvalue weighted by Gasteiger charge is 2.30. The summed E-state index contributed by atoms with van der Waals surface area (Å²) in [5.41, 5.74) is 0.699. The zero-order valence-electron chi connectivity index (χ0n) is 12.0. The number of carbonyl (C=O) groups is 1. The topological polar surface area (TPSA) is 76.1 Å². The van der Waals surface area contributed by atoms with Crippen LogP contribution in [0.15, 0.2) is 34.0 Å². The summed E-state index contributed by atoms with van der Waals surface area (Å²) in [5.74, 6) is -0.287. The van der Waals surface area contributed by atoms with Gasteiger partial charge in [-0.25, -0.2) is 14.4 Å². The first-order valence-corrected chi connectivity index (χ1v) is 8.29. The van der Waals surface area contributed by atoms with E-state index in [1.165, 1.54) is 31.3 Å². The lowest BCUT2D eigenvalue weighted by atomic mass is 10.3. The van der Waals surface area contributed by atoms with E-state index in [0.29, 0.717) is 21.0 Å². The minimum Gasteiger partial charge on any atom is -0.383 e. The molecule has 0 saturated carbocycles. The molecule has 120 valence electrons. The zero-order chi connectivity index (χ0) is 16.4. The molecule has 1 aromatic heterocycles. The Kier molecular flexibility index (Phi) is 4.79. The lowest BCUT2D eigenvalue weighted by molar-refractivity contribution is -0.116. The van der Waals surface area contributed by atoms with Crippen LogP contribution in [0.2, 0.25) is 0 Å². The van der Waals surface area contributed by atoms with Gasteiger partial charge in [0.05, 0.1) is 12.3 Å². The van der Waals surface area contributed by atoms with E-state index in [1.54, 1.807) is 12.1 Å². The van der Waals surface area contributed by atoms with Crippen LogP contribution >= 0.6 is 27.7 Å². The molecule has 0 spiro atoms. The van der Waals surface area contributed by atoms with Gasteiger partial charge >= 0.3 is 0 Å². The van der Waals surface area contributed by atoms with Gasteiger partial charge in [0.15, 0.2) is 5.82 Å². The molecule has 2 aromatic rings. The molecule has 1 aliphatic rings. The molecule has 0 aliphatic carbocycles. The highest BCUT2D eigenvalue weighted by molar-refractivity contribution is 9.10. The lowest BCUT2D eigenvalue weighted by Crippen LogP contribution is -2.33. The number of carbonyl (C=O) groups excluding carboxylic acids is 1. The molecule has 1 aromatic carbocycles. The van der Waals surface area contributed by atoms with Crippen LogP contribution < -0.4 is 10.6 Å². The van der Waals surface area contributed by atoms with Crippen LogP contribution in [0.4, 0.5) is 21.6 Å². The second-order valence-electron chi connectivity index (χ2n) is 4.70. The Balaban J connectivity index is 1.91. The van der Waals surface area contributed by atoms with Gasteiger partial charge < -0.3 is 15.4 Å². The number of rotatable bonds is 4. The average Bonchev–Trinajstić information content (AvgIpc) is 2.52. The number of amides is 1. The van der Waals surface area contributed by atoms with Crippen molar-refractivity contribution in [3.05, 3.63) is 34.8 Å². The Bertz CT molecular complexity index is 762. The highest BCUT2D eigenvalue weighted by atomic mass is 79.9. The monoisotopic (exact) mass is 398 g/mol. The fourth-order valence-corrected chi connectivity index (χ4v) is 3.38. The number of methoxy groups -OCH3 is 1. The summed E-state index contributed by atoms with van der Waals surface area (Å²) in [7, 11) is 1.53. The molecular formula is C14H12BrFN4O2S. The maximum atomic E-state index is 14.0. The number of halogens is 2. The minimum absolute atomic E-state index is 0.196. The smallest absolute Gasteiger partial charge is 0.240 e. The van der Waals surface area contributed by atoms with E-state index in [0.717, 1.165) is 0 Å². The van der Waals surface area contributed by atoms with Gasteiger partial charge in [0.1, 0.15) is 28.1 Å². The van der Waals surface area contributed by atoms with Gasteiger partial charge in [-0.3, -0.25) is 4.79 Å². The van der Waals surface area contributed by atoms with E-state index in [4.69, 9.17) is 4.74 Å². The van der Waals surface area contributed by atoms with E-state index < -0.39 is 5.82 Å². The molecule has 0 saturated heterocycles. The van der Waals surface area contributed by atoms with Crippen molar-refractivity contribution in [2.75, 3.05) is 24.4 Å². The number of anilines is 3. The van der Waals surface area contributed by atoms with E-state index in [2.05, 4.69) is 36.5 Å². The first-order chi connectivity index (χ1) is 11.1. The lowest BCUT2D eigenvalue weighted by Gasteiger charge is -2.24. The van der Waals surface area contributed by atoms with Gasteiger partial charge in [-0.05, 0) is 18.2 Å². The van der Waals surface area contributed by atoms with Crippen molar-refractivity contribution >= 4 is 50.8 Å². The summed E-state index contributed by atoms with van der Waals surface area (Å²) in [5, 5.41) is 5.88. The number of ether oxygens (including phenoxy) is 1. The molecule has 1 aliphatic heterocycles. The van der Waals surface area contributed by atoms with Crippen molar-refractivity contribution in [3.63, 3.8) is 0 Å². The van der Waals surface area contributed by atoms with Crippen molar-refractivity contribution in [2.45, 2.75) is 10.3 Å². The molecule has 1 atom stereocenters. The number of hydrogen-bond acceptors (Lipinski definition) is 6. The predicted octanol–water partition coefficient (Wildman–Crippen LogP) is 3.18. The van der Waals surface area contributed by atoms with Crippen molar-refractivity contribution in [3.8, 4) is 0 Å². The SMILES string of the molecule is COC[C@@H]1Sc2ncnc(Nc3ccc(Br)cc3F)c2NC1=O. The number of nitrogens with zero attached hydrogens (tertiary/aromatic N) is 2. The number of hydrogen-bond donors (Lipinski definition) is 2. The third-order valence-electron chi connectivity index (χ3n) is 3.11. The summed E-state index contributed by atoms with van der Waals surface area (Å²) < 4.78 is 19.6. The molecule has 0 fully saturated rings. The van der Waals surface area contributed by atoms with Crippen LogP contribution in [0.25, 0.3) is 0 Å². The maximum Gasteiger partial charge on any atom is 0.240 e. The molecule has 2 N–H and O–H groups in total. The second-order valence-corrected chi connectivity index (χ2v) is 6.81. The van der Waals surface area contributed by atoms with Crippen molar-refractivity contribution < 1.29 is 13.9 Å². The van der Waals surface area contributed by atoms with Crippen molar-refractivity contribution in [2.24, 2.45) is 0 Å². The van der Waals surface area contributed by atoms with Gasteiger partial charge in [-0.15, -0.1) is 0 Å². The normalized spacial score (nSPS) is 16.7. The molecule has 3 rings (SSSR count). The van der Waals surface area contributed by atoms with E-state index in [1.807, 2.05) is 0 Å². The first kappa shape index (κ1) is 16.2. The fourth-order valence-electron chi connectivity index (χ4n) is 2.04. The minimum atomic E-state index is -0.432. The summed E-state index contributed by atoms with van der Waals surface area (Å²) in [6, 6.07) is 4.64. The first-order valence-electron chi connectivity index (χ1n) is 6.62. The largest absolute Gasteiger partial charge is 0.383 e. The van der Waals surface area contributed by atoms with Crippen LogP contribution in [-0.4, -0.2) is 34.8 Å². The summed E-state index contributed by atoms with van der Waals surface area (Å²) in [6.07, 6.45) is 1.37. The van der Waals surface area contributed by atoms with Crippen LogP contribution in [0, 0.1) is 5.82 Å². The molecule has 23 heavy (non-hydrogen) atoms. The number of benzene rings is 1. The third-order valence-corrected chi connectivity index (χ3v) is 4.77. The van der Waals surface area contributed by atoms with Crippen molar-refractivity contribution in [1.29, 1.82) is 0 Å². The molecule has 0 unspecified atom stereocenters. The van der Waals surface area contributed by atoms with E-state index in [9.17, 15) is 9.18 Å². The maximum absolute atomic E-state index is 14.0. The van der Waals surface area contributed by atoms with Crippen LogP contribution in [0.1, 0.15) is 0 Å². The quantitative estimate of drug-likeness (QED) is 0.770. The van der Waals surface area contributed by atoms with Gasteiger partial charge in [-0.2, -0.15) is 0 Å². The summed E-state index contributed by atoms with van der Waals surface area (Å²) in [6.45, 7) is 0.282. The number of fused-ring (bicyclic) bond motifs is 1. The molecule has 1 amide bonds. The molecular weight excluding hydrogens is 387 g/mol. The van der Waals surface area contributed by atoms with Crippen LogP contribution in [0.5, 0.6) is 0 Å².